The van der Waals surface area contributed by atoms with Crippen molar-refractivity contribution < 1.29 is 0 Å². The lowest BCUT2D eigenvalue weighted by Gasteiger charge is -2.23. The van der Waals surface area contributed by atoms with Gasteiger partial charge < -0.3 is 27.1 Å². The van der Waals surface area contributed by atoms with Crippen LogP contribution >= 0.6 is 0 Å². The minimum Gasteiger partial charge on any atom is -0.398 e. The van der Waals surface area contributed by atoms with E-state index in [4.69, 9.17) is 11.1 Å². The van der Waals surface area contributed by atoms with Gasteiger partial charge in [-0.15, -0.1) is 12.8 Å². The number of terminal acetylenes is 1. The van der Waals surface area contributed by atoms with Crippen LogP contribution in [0.5, 0.6) is 0 Å². The highest BCUT2D eigenvalue weighted by Gasteiger charge is 2.28. The van der Waals surface area contributed by atoms with Crippen LogP contribution in [0.15, 0.2) is 78.3 Å². The second kappa shape index (κ2) is 13.0. The molecule has 4 rings (SSSR count). The SMILES string of the molecule is C#C.C=C1NC=CC(N)=C1C1Nc2cc(C(=N)CC)cc(C)c2N1.CCCCc1ccccc1. The maximum atomic E-state index is 8.04. The third kappa shape index (κ3) is 6.55. The number of nitrogens with two attached hydrogens (primary N) is 1. The highest BCUT2D eigenvalue weighted by molar-refractivity contribution is 6.00. The summed E-state index contributed by atoms with van der Waals surface area (Å²) in [5.41, 5.74) is 14.7. The number of hydrogen-bond donors (Lipinski definition) is 5. The predicted octanol–water partition coefficient (Wildman–Crippen LogP) is 6.06. The van der Waals surface area contributed by atoms with Crippen molar-refractivity contribution in [1.29, 1.82) is 5.41 Å². The molecular formula is C29H37N5. The van der Waals surface area contributed by atoms with Gasteiger partial charge in [-0.25, -0.2) is 0 Å². The van der Waals surface area contributed by atoms with Crippen molar-refractivity contribution in [3.63, 3.8) is 0 Å². The molecule has 1 unspecified atom stereocenters. The van der Waals surface area contributed by atoms with Crippen molar-refractivity contribution >= 4 is 17.1 Å². The van der Waals surface area contributed by atoms with Crippen LogP contribution < -0.4 is 21.7 Å². The van der Waals surface area contributed by atoms with Gasteiger partial charge in [0.05, 0.1) is 11.4 Å². The Morgan fingerprint density at radius 3 is 2.44 bits per heavy atom. The molecule has 0 saturated carbocycles. The Hall–Kier alpha value is -3.91. The van der Waals surface area contributed by atoms with E-state index in [1.54, 1.807) is 6.20 Å². The van der Waals surface area contributed by atoms with Gasteiger partial charge in [0.15, 0.2) is 0 Å². The monoisotopic (exact) mass is 455 g/mol. The number of dihydropyridines is 1. The molecule has 2 heterocycles. The number of rotatable bonds is 6. The Balaban J connectivity index is 0.000000286. The highest BCUT2D eigenvalue weighted by atomic mass is 15.2. The van der Waals surface area contributed by atoms with Crippen molar-refractivity contribution in [3.05, 3.63) is 95.0 Å². The Morgan fingerprint density at radius 1 is 1.12 bits per heavy atom. The molecule has 0 aromatic heterocycles. The van der Waals surface area contributed by atoms with Crippen molar-refractivity contribution in [3.8, 4) is 12.8 Å². The quantitative estimate of drug-likeness (QED) is 0.271. The lowest BCUT2D eigenvalue weighted by molar-refractivity contribution is 0.795. The first-order chi connectivity index (χ1) is 16.4. The van der Waals surface area contributed by atoms with Gasteiger partial charge in [-0.3, -0.25) is 0 Å². The maximum Gasteiger partial charge on any atom is 0.127 e. The first kappa shape index (κ1) is 26.3. The Morgan fingerprint density at radius 2 is 1.82 bits per heavy atom. The van der Waals surface area contributed by atoms with Gasteiger partial charge in [0, 0.05) is 28.9 Å². The van der Waals surface area contributed by atoms with Crippen LogP contribution in [-0.4, -0.2) is 11.9 Å². The van der Waals surface area contributed by atoms with Gasteiger partial charge in [0.2, 0.25) is 0 Å². The van der Waals surface area contributed by atoms with E-state index in [0.29, 0.717) is 11.4 Å². The van der Waals surface area contributed by atoms with Gasteiger partial charge in [-0.2, -0.15) is 0 Å². The van der Waals surface area contributed by atoms with Crippen LogP contribution in [-0.2, 0) is 6.42 Å². The van der Waals surface area contributed by atoms with E-state index in [9.17, 15) is 0 Å². The van der Waals surface area contributed by atoms with Crippen molar-refractivity contribution in [2.24, 2.45) is 5.73 Å². The molecule has 0 radical (unpaired) electrons. The molecule has 34 heavy (non-hydrogen) atoms. The molecule has 5 nitrogen and oxygen atoms in total. The Bertz CT molecular complexity index is 1080. The summed E-state index contributed by atoms with van der Waals surface area (Å²) in [6.07, 6.45) is 16.1. The minimum absolute atomic E-state index is 0.121. The maximum absolute atomic E-state index is 8.04. The number of hydrogen-bond acceptors (Lipinski definition) is 5. The molecule has 0 aliphatic carbocycles. The molecule has 2 aromatic carbocycles. The molecule has 1 atom stereocenters. The van der Waals surface area contributed by atoms with Crippen LogP contribution in [0.3, 0.4) is 0 Å². The number of aryl methyl sites for hydroxylation is 2. The predicted molar refractivity (Wildman–Crippen MR) is 147 cm³/mol. The van der Waals surface area contributed by atoms with Crippen LogP contribution in [0.2, 0.25) is 0 Å². The molecule has 5 heteroatoms. The number of nitrogens with one attached hydrogen (secondary N) is 4. The number of fused-ring (bicyclic) bond motifs is 1. The molecule has 0 fully saturated rings. The van der Waals surface area contributed by atoms with E-state index in [1.807, 2.05) is 32.1 Å². The molecule has 0 bridgehead atoms. The molecule has 2 aliphatic heterocycles. The van der Waals surface area contributed by atoms with Gasteiger partial charge in [0.25, 0.3) is 0 Å². The summed E-state index contributed by atoms with van der Waals surface area (Å²) >= 11 is 0. The lowest BCUT2D eigenvalue weighted by Crippen LogP contribution is -2.32. The lowest BCUT2D eigenvalue weighted by atomic mass is 10.0. The fraction of sp³-hybridized carbons (Fsp3) is 0.276. The van der Waals surface area contributed by atoms with Crippen molar-refractivity contribution in [1.82, 2.24) is 5.32 Å². The molecule has 6 N–H and O–H groups in total. The Labute approximate surface area is 204 Å². The summed E-state index contributed by atoms with van der Waals surface area (Å²) in [5.74, 6) is 0. The average Bonchev–Trinajstić information content (AvgIpc) is 3.29. The normalized spacial score (nSPS) is 15.4. The number of unbranched alkanes of at least 4 members (excludes halogenated alkanes) is 1. The minimum atomic E-state index is -0.121. The van der Waals surface area contributed by atoms with Gasteiger partial charge in [-0.1, -0.05) is 57.2 Å². The van der Waals surface area contributed by atoms with E-state index >= 15 is 0 Å². The largest absolute Gasteiger partial charge is 0.398 e. The van der Waals surface area contributed by atoms with Crippen molar-refractivity contribution in [2.75, 3.05) is 10.6 Å². The first-order valence-corrected chi connectivity index (χ1v) is 11.7. The summed E-state index contributed by atoms with van der Waals surface area (Å²) in [4.78, 5) is 0. The average molecular weight is 456 g/mol. The third-order valence-electron chi connectivity index (χ3n) is 5.73. The fourth-order valence-corrected chi connectivity index (χ4v) is 3.89. The molecule has 2 aliphatic rings. The van der Waals surface area contributed by atoms with Crippen LogP contribution in [0.4, 0.5) is 11.4 Å². The second-order valence-corrected chi connectivity index (χ2v) is 8.18. The van der Waals surface area contributed by atoms with Crippen LogP contribution in [0, 0.1) is 25.2 Å². The Kier molecular flexibility index (Phi) is 10.0. The zero-order valence-corrected chi connectivity index (χ0v) is 20.5. The molecular weight excluding hydrogens is 418 g/mol. The molecule has 0 saturated heterocycles. The van der Waals surface area contributed by atoms with Gasteiger partial charge in [0.1, 0.15) is 6.17 Å². The zero-order valence-electron chi connectivity index (χ0n) is 20.5. The van der Waals surface area contributed by atoms with E-state index in [0.717, 1.165) is 40.2 Å². The fourth-order valence-electron chi connectivity index (χ4n) is 3.89. The number of anilines is 2. The van der Waals surface area contributed by atoms with E-state index in [2.05, 4.69) is 72.6 Å². The summed E-state index contributed by atoms with van der Waals surface area (Å²) in [6.45, 7) is 10.3. The number of benzene rings is 2. The van der Waals surface area contributed by atoms with Gasteiger partial charge in [-0.05, 0) is 61.1 Å². The van der Waals surface area contributed by atoms with E-state index in [-0.39, 0.29) is 6.17 Å². The first-order valence-electron chi connectivity index (χ1n) is 11.7. The summed E-state index contributed by atoms with van der Waals surface area (Å²) in [6, 6.07) is 14.7. The molecule has 0 spiro atoms. The second-order valence-electron chi connectivity index (χ2n) is 8.18. The van der Waals surface area contributed by atoms with E-state index < -0.39 is 0 Å². The van der Waals surface area contributed by atoms with Crippen LogP contribution in [0.1, 0.15) is 49.8 Å². The highest BCUT2D eigenvalue weighted by Crippen LogP contribution is 2.37. The number of allylic oxidation sites excluding steroid dienone is 1. The topological polar surface area (TPSA) is 86.0 Å². The van der Waals surface area contributed by atoms with Gasteiger partial charge >= 0.3 is 0 Å². The summed E-state index contributed by atoms with van der Waals surface area (Å²) in [7, 11) is 0. The summed E-state index contributed by atoms with van der Waals surface area (Å²) < 4.78 is 0. The zero-order chi connectivity index (χ0) is 25.1. The summed E-state index contributed by atoms with van der Waals surface area (Å²) in [5, 5.41) is 18.0. The smallest absolute Gasteiger partial charge is 0.127 e. The van der Waals surface area contributed by atoms with E-state index in [1.165, 1.54) is 24.8 Å². The standard InChI is InChI=1S/C17H21N5.C10H14.C2H2/c1-4-12(18)11-7-9(2)16-14(8-11)21-17(22-16)15-10(3)20-6-5-13(15)19;1-2-3-7-10-8-5-4-6-9-10;1-2/h5-8,17-18,20-22H,3-4,19H2,1-2H3;4-6,8-9H,2-3,7H2,1H3;1-2H. The molecule has 0 amide bonds. The van der Waals surface area contributed by atoms with Crippen LogP contribution in [0.25, 0.3) is 0 Å². The third-order valence-corrected chi connectivity index (χ3v) is 5.73. The molecule has 2 aromatic rings. The van der Waals surface area contributed by atoms with Crippen molar-refractivity contribution in [2.45, 2.75) is 52.6 Å². The molecule has 178 valence electrons.